The zero-order valence-corrected chi connectivity index (χ0v) is 13.2. The Balaban J connectivity index is 1.85. The molecule has 0 aromatic rings. The van der Waals surface area contributed by atoms with E-state index >= 15 is 0 Å². The number of hydrogen-bond acceptors (Lipinski definition) is 4. The van der Waals surface area contributed by atoms with Crippen LogP contribution in [0.15, 0.2) is 0 Å². The smallest absolute Gasteiger partial charge is 0.237 e. The number of nitrogens with one attached hydrogen (secondary N) is 1. The number of nitrogens with zero attached hydrogens (tertiary/aromatic N) is 2. The molecule has 2 rings (SSSR count). The maximum Gasteiger partial charge on any atom is 0.237 e. The number of carbonyl (C=O) groups excluding carboxylic acids is 1. The van der Waals surface area contributed by atoms with Gasteiger partial charge < -0.3 is 20.9 Å². The summed E-state index contributed by atoms with van der Waals surface area (Å²) in [4.78, 5) is 16.5. The van der Waals surface area contributed by atoms with Crippen molar-refractivity contribution in [2.24, 2.45) is 11.7 Å². The first-order valence-corrected chi connectivity index (χ1v) is 7.84. The van der Waals surface area contributed by atoms with Crippen LogP contribution < -0.4 is 11.1 Å². The van der Waals surface area contributed by atoms with Gasteiger partial charge in [0.15, 0.2) is 0 Å². The molecule has 20 heavy (non-hydrogen) atoms. The summed E-state index contributed by atoms with van der Waals surface area (Å²) in [5.74, 6) is 0.601. The van der Waals surface area contributed by atoms with Crippen molar-refractivity contribution in [2.45, 2.75) is 43.7 Å². The van der Waals surface area contributed by atoms with E-state index in [2.05, 4.69) is 29.2 Å². The van der Waals surface area contributed by atoms with Gasteiger partial charge in [-0.05, 0) is 72.3 Å². The molecule has 5 heteroatoms. The minimum atomic E-state index is -0.480. The highest BCUT2D eigenvalue weighted by molar-refractivity contribution is 5.85. The van der Waals surface area contributed by atoms with Gasteiger partial charge >= 0.3 is 0 Å². The molecule has 0 aromatic heterocycles. The third-order valence-corrected chi connectivity index (χ3v) is 5.45. The van der Waals surface area contributed by atoms with Crippen LogP contribution in [0.3, 0.4) is 0 Å². The molecule has 2 fully saturated rings. The van der Waals surface area contributed by atoms with Gasteiger partial charge in [-0.2, -0.15) is 0 Å². The van der Waals surface area contributed by atoms with Crippen LogP contribution >= 0.6 is 0 Å². The summed E-state index contributed by atoms with van der Waals surface area (Å²) in [6.07, 6.45) is 5.36. The highest BCUT2D eigenvalue weighted by Gasteiger charge is 2.44. The SMILES string of the molecule is CNC1(C(N)=O)CCC(N(C)CC2CCN(C)CC2)C1. The largest absolute Gasteiger partial charge is 0.368 e. The molecule has 3 N–H and O–H groups in total. The fourth-order valence-corrected chi connectivity index (χ4v) is 3.77. The molecule has 0 radical (unpaired) electrons. The molecule has 1 aliphatic heterocycles. The van der Waals surface area contributed by atoms with Crippen LogP contribution in [0.4, 0.5) is 0 Å². The lowest BCUT2D eigenvalue weighted by atomic mass is 9.95. The monoisotopic (exact) mass is 282 g/mol. The van der Waals surface area contributed by atoms with Crippen molar-refractivity contribution in [3.8, 4) is 0 Å². The minimum absolute atomic E-state index is 0.199. The number of rotatable bonds is 5. The van der Waals surface area contributed by atoms with E-state index in [1.165, 1.54) is 25.9 Å². The van der Waals surface area contributed by atoms with Gasteiger partial charge in [0.25, 0.3) is 0 Å². The summed E-state index contributed by atoms with van der Waals surface area (Å²) >= 11 is 0. The van der Waals surface area contributed by atoms with Crippen LogP contribution in [0.2, 0.25) is 0 Å². The lowest BCUT2D eigenvalue weighted by Gasteiger charge is -2.34. The summed E-state index contributed by atoms with van der Waals surface area (Å²) in [6, 6.07) is 0.481. The summed E-state index contributed by atoms with van der Waals surface area (Å²) in [6.45, 7) is 3.58. The Bertz CT molecular complexity index is 341. The molecular formula is C15H30N4O. The number of likely N-dealkylation sites (N-methyl/N-ethyl adjacent to an activating group) is 1. The van der Waals surface area contributed by atoms with E-state index in [1.54, 1.807) is 0 Å². The predicted molar refractivity (Wildman–Crippen MR) is 81.5 cm³/mol. The van der Waals surface area contributed by atoms with Crippen molar-refractivity contribution in [2.75, 3.05) is 40.8 Å². The Morgan fingerprint density at radius 2 is 2.05 bits per heavy atom. The van der Waals surface area contributed by atoms with Crippen molar-refractivity contribution >= 4 is 5.91 Å². The number of amides is 1. The second-order valence-corrected chi connectivity index (χ2v) is 6.78. The lowest BCUT2D eigenvalue weighted by Crippen LogP contribution is -2.53. The zero-order chi connectivity index (χ0) is 14.8. The van der Waals surface area contributed by atoms with Crippen molar-refractivity contribution in [3.63, 3.8) is 0 Å². The van der Waals surface area contributed by atoms with Crippen LogP contribution in [0.5, 0.6) is 0 Å². The van der Waals surface area contributed by atoms with Gasteiger partial charge in [-0.15, -0.1) is 0 Å². The average molecular weight is 282 g/mol. The van der Waals surface area contributed by atoms with Gasteiger partial charge in [-0.1, -0.05) is 0 Å². The number of carbonyl (C=O) groups is 1. The van der Waals surface area contributed by atoms with Crippen LogP contribution in [0, 0.1) is 5.92 Å². The molecule has 0 bridgehead atoms. The van der Waals surface area contributed by atoms with Crippen LogP contribution in [0.25, 0.3) is 0 Å². The number of likely N-dealkylation sites (tertiary alicyclic amines) is 1. The van der Waals surface area contributed by atoms with E-state index in [4.69, 9.17) is 5.73 Å². The van der Waals surface area contributed by atoms with E-state index in [0.29, 0.717) is 6.04 Å². The Morgan fingerprint density at radius 3 is 2.55 bits per heavy atom. The Kier molecular flexibility index (Phi) is 5.04. The third kappa shape index (κ3) is 3.32. The standard InChI is InChI=1S/C15H30N4O/c1-17-15(14(16)20)7-4-13(10-15)19(3)11-12-5-8-18(2)9-6-12/h12-13,17H,4-11H2,1-3H3,(H2,16,20). The Hall–Kier alpha value is -0.650. The molecule has 2 aliphatic rings. The fourth-order valence-electron chi connectivity index (χ4n) is 3.77. The first kappa shape index (κ1) is 15.7. The van der Waals surface area contributed by atoms with Crippen molar-refractivity contribution in [1.29, 1.82) is 0 Å². The summed E-state index contributed by atoms with van der Waals surface area (Å²) in [7, 11) is 6.25. The van der Waals surface area contributed by atoms with Gasteiger partial charge in [0.2, 0.25) is 5.91 Å². The van der Waals surface area contributed by atoms with E-state index < -0.39 is 5.54 Å². The second-order valence-electron chi connectivity index (χ2n) is 6.78. The van der Waals surface area contributed by atoms with Crippen LogP contribution in [-0.2, 0) is 4.79 Å². The van der Waals surface area contributed by atoms with Gasteiger partial charge in [0, 0.05) is 12.6 Å². The van der Waals surface area contributed by atoms with Gasteiger partial charge in [-0.3, -0.25) is 4.79 Å². The highest BCUT2D eigenvalue weighted by atomic mass is 16.1. The molecule has 1 heterocycles. The molecular weight excluding hydrogens is 252 g/mol. The number of piperidine rings is 1. The normalized spacial score (nSPS) is 32.9. The lowest BCUT2D eigenvalue weighted by molar-refractivity contribution is -0.124. The first-order valence-electron chi connectivity index (χ1n) is 7.84. The van der Waals surface area contributed by atoms with E-state index in [1.807, 2.05) is 7.05 Å². The maximum absolute atomic E-state index is 11.7. The van der Waals surface area contributed by atoms with Crippen molar-refractivity contribution in [3.05, 3.63) is 0 Å². The fraction of sp³-hybridized carbons (Fsp3) is 0.933. The van der Waals surface area contributed by atoms with Crippen molar-refractivity contribution in [1.82, 2.24) is 15.1 Å². The minimum Gasteiger partial charge on any atom is -0.368 e. The second kappa shape index (κ2) is 6.41. The number of nitrogens with two attached hydrogens (primary N) is 1. The molecule has 0 spiro atoms. The van der Waals surface area contributed by atoms with Gasteiger partial charge in [0.05, 0.1) is 5.54 Å². The molecule has 116 valence electrons. The third-order valence-electron chi connectivity index (χ3n) is 5.45. The van der Waals surface area contributed by atoms with E-state index in [-0.39, 0.29) is 5.91 Å². The summed E-state index contributed by atoms with van der Waals surface area (Å²) in [5.41, 5.74) is 5.10. The maximum atomic E-state index is 11.7. The summed E-state index contributed by atoms with van der Waals surface area (Å²) in [5, 5.41) is 3.16. The average Bonchev–Trinajstić information content (AvgIpc) is 2.87. The molecule has 1 aliphatic carbocycles. The Morgan fingerprint density at radius 1 is 1.40 bits per heavy atom. The molecule has 5 nitrogen and oxygen atoms in total. The van der Waals surface area contributed by atoms with Crippen LogP contribution in [0.1, 0.15) is 32.1 Å². The van der Waals surface area contributed by atoms with E-state index in [9.17, 15) is 4.79 Å². The summed E-state index contributed by atoms with van der Waals surface area (Å²) < 4.78 is 0. The molecule has 2 unspecified atom stereocenters. The van der Waals surface area contributed by atoms with E-state index in [0.717, 1.165) is 31.7 Å². The predicted octanol–water partition coefficient (Wildman–Crippen LogP) is 0.256. The van der Waals surface area contributed by atoms with Gasteiger partial charge in [0.1, 0.15) is 0 Å². The highest BCUT2D eigenvalue weighted by Crippen LogP contribution is 2.33. The van der Waals surface area contributed by atoms with Crippen LogP contribution in [-0.4, -0.2) is 68.1 Å². The molecule has 1 amide bonds. The molecule has 1 saturated carbocycles. The van der Waals surface area contributed by atoms with Crippen molar-refractivity contribution < 1.29 is 4.79 Å². The Labute approximate surface area is 122 Å². The van der Waals surface area contributed by atoms with Gasteiger partial charge in [-0.25, -0.2) is 0 Å². The number of primary amides is 1. The number of hydrogen-bond donors (Lipinski definition) is 2. The topological polar surface area (TPSA) is 61.6 Å². The quantitative estimate of drug-likeness (QED) is 0.759. The molecule has 1 saturated heterocycles. The zero-order valence-electron chi connectivity index (χ0n) is 13.2. The first-order chi connectivity index (χ1) is 9.47. The molecule has 0 aromatic carbocycles. The molecule has 2 atom stereocenters.